The number of allylic oxidation sites excluding steroid dienone is 1. The first-order valence-corrected chi connectivity index (χ1v) is 11.9. The van der Waals surface area contributed by atoms with Gasteiger partial charge in [-0.05, 0) is 46.1 Å². The predicted octanol–water partition coefficient (Wildman–Crippen LogP) is 3.02. The van der Waals surface area contributed by atoms with Crippen molar-refractivity contribution in [2.75, 3.05) is 33.9 Å². The zero-order valence-electron chi connectivity index (χ0n) is 20.5. The number of nitrogens with zero attached hydrogens (tertiary/aromatic N) is 5. The molecule has 0 bridgehead atoms. The van der Waals surface area contributed by atoms with Crippen LogP contribution in [0.15, 0.2) is 23.5 Å². The van der Waals surface area contributed by atoms with Crippen LogP contribution in [0.2, 0.25) is 0 Å². The fourth-order valence-corrected chi connectivity index (χ4v) is 5.04. The molecule has 0 spiro atoms. The van der Waals surface area contributed by atoms with E-state index in [9.17, 15) is 4.39 Å². The summed E-state index contributed by atoms with van der Waals surface area (Å²) in [6, 6.07) is 2.49. The summed E-state index contributed by atoms with van der Waals surface area (Å²) in [5.41, 5.74) is 10.1. The van der Waals surface area contributed by atoms with Crippen LogP contribution in [-0.2, 0) is 17.6 Å². The van der Waals surface area contributed by atoms with Crippen LogP contribution < -0.4 is 10.5 Å². The Morgan fingerprint density at radius 3 is 2.71 bits per heavy atom. The van der Waals surface area contributed by atoms with E-state index in [1.807, 2.05) is 6.21 Å². The molecule has 4 rings (SSSR count). The molecule has 9 heteroatoms. The number of likely N-dealkylation sites (tertiary alicyclic amines) is 1. The van der Waals surface area contributed by atoms with Gasteiger partial charge in [0.2, 0.25) is 5.88 Å². The summed E-state index contributed by atoms with van der Waals surface area (Å²) in [7, 11) is 3.59. The van der Waals surface area contributed by atoms with E-state index in [1.165, 1.54) is 13.2 Å². The number of rotatable bonds is 6. The van der Waals surface area contributed by atoms with Gasteiger partial charge in [-0.2, -0.15) is 5.10 Å². The van der Waals surface area contributed by atoms with Crippen molar-refractivity contribution in [2.45, 2.75) is 51.6 Å². The number of nitrogens with two attached hydrogens (primary N) is 1. The Bertz CT molecular complexity index is 1050. The van der Waals surface area contributed by atoms with Crippen LogP contribution in [0.25, 0.3) is 11.3 Å². The maximum atomic E-state index is 14.4. The minimum absolute atomic E-state index is 0.0437. The highest BCUT2D eigenvalue weighted by atomic mass is 19.1. The van der Waals surface area contributed by atoms with Gasteiger partial charge in [0.15, 0.2) is 5.82 Å². The van der Waals surface area contributed by atoms with E-state index in [4.69, 9.17) is 25.3 Å². The van der Waals surface area contributed by atoms with Crippen molar-refractivity contribution >= 4 is 11.8 Å². The molecular formula is C25H35FN6O2. The minimum atomic E-state index is -0.534. The zero-order chi connectivity index (χ0) is 24.2. The monoisotopic (exact) mass is 470 g/mol. The molecule has 1 unspecified atom stereocenters. The molecule has 0 aliphatic carbocycles. The van der Waals surface area contributed by atoms with Crippen molar-refractivity contribution < 1.29 is 13.9 Å². The highest BCUT2D eigenvalue weighted by molar-refractivity contribution is 6.09. The lowest BCUT2D eigenvalue weighted by atomic mass is 9.87. The van der Waals surface area contributed by atoms with Crippen molar-refractivity contribution in [3.8, 4) is 11.6 Å². The van der Waals surface area contributed by atoms with Crippen LogP contribution in [0.4, 0.5) is 4.39 Å². The maximum Gasteiger partial charge on any atom is 0.250 e. The molecule has 2 aromatic rings. The largest absolute Gasteiger partial charge is 0.479 e. The molecule has 1 fully saturated rings. The SMILES string of the molecule is COc1ncc(-n2nc(C(C=NCC3C[C@@H](C)N(C)[C@@H](C)C3)=CN)c3c2CCOCC3)cc1F. The topological polar surface area (TPSA) is 90.8 Å². The van der Waals surface area contributed by atoms with Gasteiger partial charge in [0.1, 0.15) is 0 Å². The normalized spacial score (nSPS) is 24.3. The Hall–Kier alpha value is -2.78. The molecule has 0 radical (unpaired) electrons. The Morgan fingerprint density at radius 2 is 2.03 bits per heavy atom. The number of ether oxygens (including phenoxy) is 2. The summed E-state index contributed by atoms with van der Waals surface area (Å²) < 4.78 is 26.8. The van der Waals surface area contributed by atoms with Crippen molar-refractivity contribution in [2.24, 2.45) is 16.6 Å². The fourth-order valence-electron chi connectivity index (χ4n) is 5.04. The Kier molecular flexibility index (Phi) is 7.63. The van der Waals surface area contributed by atoms with Crippen molar-refractivity contribution in [3.63, 3.8) is 0 Å². The molecule has 34 heavy (non-hydrogen) atoms. The molecule has 4 heterocycles. The van der Waals surface area contributed by atoms with Crippen LogP contribution in [0.3, 0.4) is 0 Å². The van der Waals surface area contributed by atoms with Gasteiger partial charge in [-0.3, -0.25) is 4.99 Å². The summed E-state index contributed by atoms with van der Waals surface area (Å²) in [5, 5.41) is 4.84. The maximum absolute atomic E-state index is 14.4. The Balaban J connectivity index is 1.61. The van der Waals surface area contributed by atoms with E-state index in [2.05, 4.69) is 30.8 Å². The molecule has 0 saturated carbocycles. The number of aliphatic imine (C=N–C) groups is 1. The standard InChI is InChI=1S/C25H35FN6O2/c1-16-9-18(10-17(2)31(16)3)13-28-14-19(12-27)24-21-5-7-34-8-6-23(21)32(30-24)20-11-22(26)25(33-4)29-15-20/h11-12,14-18H,5-10,13,27H2,1-4H3/t16-,17+,18?. The van der Waals surface area contributed by atoms with Gasteiger partial charge < -0.3 is 20.1 Å². The van der Waals surface area contributed by atoms with Gasteiger partial charge in [-0.15, -0.1) is 0 Å². The fraction of sp³-hybridized carbons (Fsp3) is 0.560. The van der Waals surface area contributed by atoms with Gasteiger partial charge in [-0.1, -0.05) is 0 Å². The van der Waals surface area contributed by atoms with Gasteiger partial charge in [0.05, 0.1) is 43.6 Å². The van der Waals surface area contributed by atoms with Gasteiger partial charge in [0.25, 0.3) is 0 Å². The molecule has 0 amide bonds. The molecule has 8 nitrogen and oxygen atoms in total. The minimum Gasteiger partial charge on any atom is -0.479 e. The summed E-state index contributed by atoms with van der Waals surface area (Å²) in [6.07, 6.45) is 8.58. The molecule has 2 aromatic heterocycles. The molecule has 184 valence electrons. The molecule has 2 aliphatic rings. The van der Waals surface area contributed by atoms with Crippen molar-refractivity contribution in [1.29, 1.82) is 0 Å². The quantitative estimate of drug-likeness (QED) is 0.653. The second kappa shape index (κ2) is 10.7. The molecule has 0 aromatic carbocycles. The van der Waals surface area contributed by atoms with Gasteiger partial charge in [0, 0.05) is 54.7 Å². The predicted molar refractivity (Wildman–Crippen MR) is 131 cm³/mol. The second-order valence-electron chi connectivity index (χ2n) is 9.30. The molecule has 1 saturated heterocycles. The average molecular weight is 471 g/mol. The lowest BCUT2D eigenvalue weighted by Crippen LogP contribution is -2.44. The Morgan fingerprint density at radius 1 is 1.29 bits per heavy atom. The van der Waals surface area contributed by atoms with Crippen LogP contribution in [-0.4, -0.2) is 71.9 Å². The number of piperidine rings is 1. The third kappa shape index (κ3) is 5.00. The number of aromatic nitrogens is 3. The van der Waals surface area contributed by atoms with E-state index in [-0.39, 0.29) is 5.88 Å². The van der Waals surface area contributed by atoms with E-state index in [1.54, 1.807) is 17.1 Å². The van der Waals surface area contributed by atoms with Crippen molar-refractivity contribution in [3.05, 3.63) is 41.2 Å². The third-order valence-electron chi connectivity index (χ3n) is 7.09. The molecule has 2 aliphatic heterocycles. The lowest BCUT2D eigenvalue weighted by molar-refractivity contribution is 0.101. The van der Waals surface area contributed by atoms with E-state index >= 15 is 0 Å². The summed E-state index contributed by atoms with van der Waals surface area (Å²) in [4.78, 5) is 11.3. The van der Waals surface area contributed by atoms with E-state index in [0.29, 0.717) is 49.7 Å². The number of hydrogen-bond acceptors (Lipinski definition) is 7. The number of pyridine rings is 1. The Labute approximate surface area is 200 Å². The summed E-state index contributed by atoms with van der Waals surface area (Å²) in [5.74, 6) is -0.0286. The smallest absolute Gasteiger partial charge is 0.250 e. The van der Waals surface area contributed by atoms with E-state index in [0.717, 1.165) is 41.9 Å². The van der Waals surface area contributed by atoms with Crippen LogP contribution in [0, 0.1) is 11.7 Å². The first kappa shape index (κ1) is 24.3. The number of hydrogen-bond donors (Lipinski definition) is 1. The van der Waals surface area contributed by atoms with E-state index < -0.39 is 5.82 Å². The lowest BCUT2D eigenvalue weighted by Gasteiger charge is -2.39. The van der Waals surface area contributed by atoms with Crippen LogP contribution >= 0.6 is 0 Å². The number of methoxy groups -OCH3 is 1. The van der Waals surface area contributed by atoms with Crippen molar-refractivity contribution in [1.82, 2.24) is 19.7 Å². The first-order chi connectivity index (χ1) is 16.4. The number of halogens is 1. The molecular weight excluding hydrogens is 435 g/mol. The first-order valence-electron chi connectivity index (χ1n) is 11.9. The zero-order valence-corrected chi connectivity index (χ0v) is 20.5. The highest BCUT2D eigenvalue weighted by Gasteiger charge is 2.28. The van der Waals surface area contributed by atoms with Crippen LogP contribution in [0.1, 0.15) is 43.6 Å². The summed E-state index contributed by atoms with van der Waals surface area (Å²) in [6.45, 7) is 6.49. The summed E-state index contributed by atoms with van der Waals surface area (Å²) >= 11 is 0. The molecule has 3 atom stereocenters. The molecule has 2 N–H and O–H groups in total. The van der Waals surface area contributed by atoms with Crippen LogP contribution in [0.5, 0.6) is 5.88 Å². The highest BCUT2D eigenvalue weighted by Crippen LogP contribution is 2.29. The third-order valence-corrected chi connectivity index (χ3v) is 7.09. The average Bonchev–Trinajstić information content (AvgIpc) is 3.00. The van der Waals surface area contributed by atoms with Gasteiger partial charge >= 0.3 is 0 Å². The number of fused-ring (bicyclic) bond motifs is 1. The second-order valence-corrected chi connectivity index (χ2v) is 9.30. The van der Waals surface area contributed by atoms with Gasteiger partial charge in [-0.25, -0.2) is 14.1 Å².